The van der Waals surface area contributed by atoms with Gasteiger partial charge in [-0.25, -0.2) is 14.8 Å². The molecule has 4 rings (SSSR count). The molecular formula is C28H26N4O2. The number of rotatable bonds is 6. The lowest BCUT2D eigenvalue weighted by Crippen LogP contribution is -2.13. The average Bonchev–Trinajstić information content (AvgIpc) is 2.89. The molecule has 1 aromatic heterocycles. The van der Waals surface area contributed by atoms with Gasteiger partial charge in [0, 0.05) is 5.56 Å². The minimum absolute atomic E-state index is 0.00741. The fraction of sp³-hybridized carbons (Fsp3) is 0.321. The standard InChI is InChI=1S/C28H26N4O2/c1-2-3-19-4-6-20(7-5-19)21-8-10-23(11-9-21)28(33)34-24-14-12-22(13-15-24)27-18-31-25(16-29)26(17-30)32-27/h8-15,18-20H,2-7H2,1H3. The molecule has 0 amide bonds. The summed E-state index contributed by atoms with van der Waals surface area (Å²) in [6.45, 7) is 2.26. The van der Waals surface area contributed by atoms with Gasteiger partial charge in [-0.15, -0.1) is 0 Å². The van der Waals surface area contributed by atoms with Crippen LogP contribution in [0.2, 0.25) is 0 Å². The summed E-state index contributed by atoms with van der Waals surface area (Å²) >= 11 is 0. The molecule has 0 radical (unpaired) electrons. The highest BCUT2D eigenvalue weighted by Gasteiger charge is 2.22. The minimum atomic E-state index is -0.407. The number of carbonyl (C=O) groups is 1. The van der Waals surface area contributed by atoms with E-state index in [9.17, 15) is 4.79 Å². The normalized spacial score (nSPS) is 17.4. The van der Waals surface area contributed by atoms with Gasteiger partial charge in [0.25, 0.3) is 0 Å². The van der Waals surface area contributed by atoms with Crippen LogP contribution in [0.4, 0.5) is 0 Å². The Balaban J connectivity index is 1.38. The zero-order valence-corrected chi connectivity index (χ0v) is 19.2. The van der Waals surface area contributed by atoms with Crippen molar-refractivity contribution >= 4 is 5.97 Å². The lowest BCUT2D eigenvalue weighted by Gasteiger charge is -2.28. The Hall–Kier alpha value is -4.03. The second kappa shape index (κ2) is 10.7. The van der Waals surface area contributed by atoms with E-state index in [-0.39, 0.29) is 11.4 Å². The highest BCUT2D eigenvalue weighted by atomic mass is 16.5. The first kappa shape index (κ1) is 23.1. The zero-order chi connectivity index (χ0) is 23.9. The number of esters is 1. The lowest BCUT2D eigenvalue weighted by atomic mass is 9.77. The van der Waals surface area contributed by atoms with Crippen molar-refractivity contribution in [3.05, 3.63) is 77.2 Å². The van der Waals surface area contributed by atoms with Crippen molar-refractivity contribution in [2.24, 2.45) is 5.92 Å². The molecule has 3 aromatic rings. The van der Waals surface area contributed by atoms with Crippen molar-refractivity contribution in [2.75, 3.05) is 0 Å². The Labute approximate surface area is 199 Å². The van der Waals surface area contributed by atoms with Gasteiger partial charge >= 0.3 is 5.97 Å². The van der Waals surface area contributed by atoms with Crippen LogP contribution in [-0.4, -0.2) is 15.9 Å². The first-order valence-corrected chi connectivity index (χ1v) is 11.7. The molecule has 0 unspecified atom stereocenters. The summed E-state index contributed by atoms with van der Waals surface area (Å²) in [5.41, 5.74) is 2.96. The van der Waals surface area contributed by atoms with Gasteiger partial charge in [-0.1, -0.05) is 31.9 Å². The molecule has 0 saturated heterocycles. The van der Waals surface area contributed by atoms with Gasteiger partial charge in [0.05, 0.1) is 17.5 Å². The third-order valence-electron chi connectivity index (χ3n) is 6.51. The third kappa shape index (κ3) is 5.30. The molecule has 1 saturated carbocycles. The van der Waals surface area contributed by atoms with Crippen LogP contribution in [0.5, 0.6) is 5.75 Å². The van der Waals surface area contributed by atoms with E-state index < -0.39 is 5.97 Å². The second-order valence-corrected chi connectivity index (χ2v) is 8.72. The van der Waals surface area contributed by atoms with E-state index in [0.717, 1.165) is 5.92 Å². The first-order chi connectivity index (χ1) is 16.6. The Morgan fingerprint density at radius 1 is 0.971 bits per heavy atom. The molecule has 0 aliphatic heterocycles. The molecule has 6 heteroatoms. The number of ether oxygens (including phenoxy) is 1. The summed E-state index contributed by atoms with van der Waals surface area (Å²) in [4.78, 5) is 20.8. The maximum atomic E-state index is 12.6. The van der Waals surface area contributed by atoms with Crippen molar-refractivity contribution in [1.29, 1.82) is 10.5 Å². The van der Waals surface area contributed by atoms with Gasteiger partial charge in [0.1, 0.15) is 17.9 Å². The van der Waals surface area contributed by atoms with Crippen LogP contribution in [-0.2, 0) is 0 Å². The summed E-state index contributed by atoms with van der Waals surface area (Å²) in [5, 5.41) is 18.1. The SMILES string of the molecule is CCCC1CCC(c2ccc(C(=O)Oc3ccc(-c4cnc(C#N)c(C#N)n4)cc3)cc2)CC1. The molecule has 1 aliphatic carbocycles. The zero-order valence-electron chi connectivity index (χ0n) is 19.2. The maximum absolute atomic E-state index is 12.6. The highest BCUT2D eigenvalue weighted by Crippen LogP contribution is 2.37. The fourth-order valence-corrected chi connectivity index (χ4v) is 4.63. The smallest absolute Gasteiger partial charge is 0.343 e. The lowest BCUT2D eigenvalue weighted by molar-refractivity contribution is 0.0734. The summed E-state index contributed by atoms with van der Waals surface area (Å²) in [6.07, 6.45) is 9.08. The number of nitrogens with zero attached hydrogens (tertiary/aromatic N) is 4. The predicted octanol–water partition coefficient (Wildman–Crippen LogP) is 6.18. The second-order valence-electron chi connectivity index (χ2n) is 8.72. The minimum Gasteiger partial charge on any atom is -0.423 e. The van der Waals surface area contributed by atoms with Gasteiger partial charge in [-0.05, 0) is 79.5 Å². The molecule has 1 fully saturated rings. The summed E-state index contributed by atoms with van der Waals surface area (Å²) in [7, 11) is 0. The number of hydrogen-bond acceptors (Lipinski definition) is 6. The number of benzene rings is 2. The van der Waals surface area contributed by atoms with E-state index in [4.69, 9.17) is 15.3 Å². The first-order valence-electron chi connectivity index (χ1n) is 11.7. The molecule has 1 heterocycles. The van der Waals surface area contributed by atoms with E-state index in [1.54, 1.807) is 24.3 Å². The van der Waals surface area contributed by atoms with Crippen LogP contribution >= 0.6 is 0 Å². The molecule has 0 spiro atoms. The molecule has 0 N–H and O–H groups in total. The maximum Gasteiger partial charge on any atom is 0.343 e. The highest BCUT2D eigenvalue weighted by molar-refractivity contribution is 5.91. The molecular weight excluding hydrogens is 424 g/mol. The van der Waals surface area contributed by atoms with Gasteiger partial charge in [0.15, 0.2) is 11.4 Å². The molecule has 170 valence electrons. The Morgan fingerprint density at radius 3 is 2.26 bits per heavy atom. The van der Waals surface area contributed by atoms with E-state index >= 15 is 0 Å². The monoisotopic (exact) mass is 450 g/mol. The van der Waals surface area contributed by atoms with Crippen molar-refractivity contribution in [1.82, 2.24) is 9.97 Å². The average molecular weight is 451 g/mol. The largest absolute Gasteiger partial charge is 0.423 e. The van der Waals surface area contributed by atoms with Gasteiger partial charge < -0.3 is 4.74 Å². The van der Waals surface area contributed by atoms with E-state index in [1.807, 2.05) is 24.3 Å². The summed E-state index contributed by atoms with van der Waals surface area (Å²) in [5.74, 6) is 1.46. The molecule has 6 nitrogen and oxygen atoms in total. The summed E-state index contributed by atoms with van der Waals surface area (Å²) in [6, 6.07) is 18.3. The van der Waals surface area contributed by atoms with Crippen LogP contribution < -0.4 is 4.74 Å². The number of hydrogen-bond donors (Lipinski definition) is 0. The fourth-order valence-electron chi connectivity index (χ4n) is 4.63. The summed E-state index contributed by atoms with van der Waals surface area (Å²) < 4.78 is 5.53. The van der Waals surface area contributed by atoms with Crippen LogP contribution in [0.25, 0.3) is 11.3 Å². The predicted molar refractivity (Wildman–Crippen MR) is 128 cm³/mol. The quantitative estimate of drug-likeness (QED) is 0.328. The van der Waals surface area contributed by atoms with Crippen molar-refractivity contribution in [3.8, 4) is 29.1 Å². The number of carbonyl (C=O) groups excluding carboxylic acids is 1. The van der Waals surface area contributed by atoms with E-state index in [0.29, 0.717) is 28.5 Å². The Kier molecular flexibility index (Phi) is 7.30. The van der Waals surface area contributed by atoms with Crippen LogP contribution in [0.1, 0.15) is 78.7 Å². The van der Waals surface area contributed by atoms with Gasteiger partial charge in [-0.2, -0.15) is 10.5 Å². The van der Waals surface area contributed by atoms with Crippen LogP contribution in [0, 0.1) is 28.6 Å². The Bertz CT molecular complexity index is 1230. The molecule has 34 heavy (non-hydrogen) atoms. The Morgan fingerprint density at radius 2 is 1.65 bits per heavy atom. The number of aromatic nitrogens is 2. The van der Waals surface area contributed by atoms with Crippen molar-refractivity contribution in [2.45, 2.75) is 51.4 Å². The third-order valence-corrected chi connectivity index (χ3v) is 6.51. The molecule has 2 aromatic carbocycles. The van der Waals surface area contributed by atoms with Crippen LogP contribution in [0.3, 0.4) is 0 Å². The van der Waals surface area contributed by atoms with Crippen molar-refractivity contribution in [3.63, 3.8) is 0 Å². The molecule has 1 aliphatic rings. The topological polar surface area (TPSA) is 99.7 Å². The van der Waals surface area contributed by atoms with Crippen LogP contribution in [0.15, 0.2) is 54.7 Å². The van der Waals surface area contributed by atoms with E-state index in [1.165, 1.54) is 50.3 Å². The number of nitriles is 2. The van der Waals surface area contributed by atoms with E-state index in [2.05, 4.69) is 29.0 Å². The van der Waals surface area contributed by atoms with Gasteiger partial charge in [-0.3, -0.25) is 0 Å². The molecule has 0 atom stereocenters. The van der Waals surface area contributed by atoms with Crippen molar-refractivity contribution < 1.29 is 9.53 Å². The van der Waals surface area contributed by atoms with Gasteiger partial charge in [0.2, 0.25) is 0 Å². The molecule has 0 bridgehead atoms.